The topological polar surface area (TPSA) is 49.7 Å². The summed E-state index contributed by atoms with van der Waals surface area (Å²) in [5.74, 6) is 2.90. The third-order valence-corrected chi connectivity index (χ3v) is 7.07. The molecule has 6 atom stereocenters. The summed E-state index contributed by atoms with van der Waals surface area (Å²) in [6.07, 6.45) is 13.4. The Bertz CT molecular complexity index is 564. The molecule has 0 radical (unpaired) electrons. The Morgan fingerprint density at radius 1 is 1.31 bits per heavy atom. The van der Waals surface area contributed by atoms with Gasteiger partial charge >= 0.3 is 0 Å². The molecular weight excluding hydrogens is 324 g/mol. The van der Waals surface area contributed by atoms with Crippen LogP contribution in [-0.4, -0.2) is 29.0 Å². The molecule has 3 heteroatoms. The monoisotopic (exact) mass is 360 g/mol. The molecule has 0 aromatic heterocycles. The average Bonchev–Trinajstić information content (AvgIpc) is 3.26. The molecule has 0 amide bonds. The summed E-state index contributed by atoms with van der Waals surface area (Å²) >= 11 is 0. The molecule has 0 aromatic carbocycles. The molecule has 1 saturated heterocycles. The lowest BCUT2D eigenvalue weighted by atomic mass is 9.68. The van der Waals surface area contributed by atoms with Gasteiger partial charge in [0.15, 0.2) is 0 Å². The Balaban J connectivity index is 1.44. The molecule has 146 valence electrons. The molecular formula is C23H36O3. The Labute approximate surface area is 158 Å². The fraction of sp³-hybridized carbons (Fsp3) is 0.739. The van der Waals surface area contributed by atoms with Crippen LogP contribution >= 0.6 is 0 Å². The molecule has 1 saturated carbocycles. The quantitative estimate of drug-likeness (QED) is 0.614. The van der Waals surface area contributed by atoms with Crippen LogP contribution in [0.15, 0.2) is 36.1 Å². The van der Waals surface area contributed by atoms with E-state index in [1.54, 1.807) is 0 Å². The van der Waals surface area contributed by atoms with Crippen LogP contribution in [0.4, 0.5) is 0 Å². The Kier molecular flexibility index (Phi) is 6.29. The van der Waals surface area contributed by atoms with E-state index in [4.69, 9.17) is 4.74 Å². The smallest absolute Gasteiger partial charge is 0.100 e. The van der Waals surface area contributed by atoms with Crippen molar-refractivity contribution in [3.05, 3.63) is 36.1 Å². The molecule has 2 N–H and O–H groups in total. The van der Waals surface area contributed by atoms with Gasteiger partial charge < -0.3 is 14.9 Å². The van der Waals surface area contributed by atoms with Crippen molar-refractivity contribution in [1.29, 1.82) is 0 Å². The van der Waals surface area contributed by atoms with Crippen molar-refractivity contribution in [3.63, 3.8) is 0 Å². The van der Waals surface area contributed by atoms with E-state index in [0.717, 1.165) is 49.0 Å². The van der Waals surface area contributed by atoms with E-state index in [1.165, 1.54) is 19.3 Å². The molecule has 0 spiro atoms. The lowest BCUT2D eigenvalue weighted by molar-refractivity contribution is 0.0289. The van der Waals surface area contributed by atoms with Gasteiger partial charge in [-0.15, -0.1) is 0 Å². The van der Waals surface area contributed by atoms with E-state index in [-0.39, 0.29) is 11.3 Å². The predicted molar refractivity (Wildman–Crippen MR) is 106 cm³/mol. The molecule has 3 aliphatic rings. The number of aliphatic hydroxyl groups is 2. The van der Waals surface area contributed by atoms with E-state index in [2.05, 4.69) is 26.5 Å². The molecule has 1 heterocycles. The van der Waals surface area contributed by atoms with E-state index < -0.39 is 12.2 Å². The van der Waals surface area contributed by atoms with Crippen LogP contribution in [0.5, 0.6) is 0 Å². The van der Waals surface area contributed by atoms with Gasteiger partial charge in [0.1, 0.15) is 5.76 Å². The SMILES string of the molecule is C=C(CCC(O)C1(C)C=CC=C2OCCC21)C(O)CC[C@@H]1CCC(C)C1. The standard InChI is InChI=1S/C23H36O3/c1-16-6-8-18(15-16)9-10-20(24)17(2)7-11-22(25)23(3)13-4-5-21-19(23)12-14-26-21/h4-5,13,16,18-20,22,24-25H,2,6-12,14-15H2,1,3H3/t16?,18-,19?,20?,22?,23?/m0/s1. The van der Waals surface area contributed by atoms with Gasteiger partial charge in [-0.3, -0.25) is 0 Å². The highest BCUT2D eigenvalue weighted by molar-refractivity contribution is 5.26. The van der Waals surface area contributed by atoms with Crippen molar-refractivity contribution < 1.29 is 14.9 Å². The van der Waals surface area contributed by atoms with Gasteiger partial charge in [-0.25, -0.2) is 0 Å². The number of fused-ring (bicyclic) bond motifs is 1. The fourth-order valence-electron chi connectivity index (χ4n) is 5.11. The summed E-state index contributed by atoms with van der Waals surface area (Å²) < 4.78 is 5.70. The highest BCUT2D eigenvalue weighted by Gasteiger charge is 2.44. The van der Waals surface area contributed by atoms with Crippen molar-refractivity contribution in [2.24, 2.45) is 23.2 Å². The second-order valence-corrected chi connectivity index (χ2v) is 9.07. The number of hydrogen-bond acceptors (Lipinski definition) is 3. The van der Waals surface area contributed by atoms with Crippen LogP contribution < -0.4 is 0 Å². The molecule has 2 aliphatic carbocycles. The maximum Gasteiger partial charge on any atom is 0.100 e. The van der Waals surface area contributed by atoms with Crippen LogP contribution in [0, 0.1) is 23.2 Å². The summed E-state index contributed by atoms with van der Waals surface area (Å²) in [6, 6.07) is 0. The van der Waals surface area contributed by atoms with Gasteiger partial charge in [-0.1, -0.05) is 45.4 Å². The predicted octanol–water partition coefficient (Wildman–Crippen LogP) is 4.76. The van der Waals surface area contributed by atoms with Gasteiger partial charge in [0, 0.05) is 11.3 Å². The number of aliphatic hydroxyl groups excluding tert-OH is 2. The molecule has 0 bridgehead atoms. The number of allylic oxidation sites excluding steroid dienone is 3. The van der Waals surface area contributed by atoms with Crippen molar-refractivity contribution >= 4 is 0 Å². The average molecular weight is 361 g/mol. The van der Waals surface area contributed by atoms with Crippen LogP contribution in [0.1, 0.15) is 65.2 Å². The van der Waals surface area contributed by atoms with Gasteiger partial charge in [0.2, 0.25) is 0 Å². The van der Waals surface area contributed by atoms with Crippen LogP contribution in [0.25, 0.3) is 0 Å². The Morgan fingerprint density at radius 3 is 2.85 bits per heavy atom. The first-order valence-corrected chi connectivity index (χ1v) is 10.5. The zero-order valence-corrected chi connectivity index (χ0v) is 16.5. The number of hydrogen-bond donors (Lipinski definition) is 2. The van der Waals surface area contributed by atoms with Gasteiger partial charge in [0.25, 0.3) is 0 Å². The third kappa shape index (κ3) is 4.26. The minimum Gasteiger partial charge on any atom is -0.498 e. The zero-order valence-electron chi connectivity index (χ0n) is 16.5. The van der Waals surface area contributed by atoms with Crippen LogP contribution in [-0.2, 0) is 4.74 Å². The highest BCUT2D eigenvalue weighted by atomic mass is 16.5. The lowest BCUT2D eigenvalue weighted by Crippen LogP contribution is -2.38. The molecule has 0 aromatic rings. The minimum atomic E-state index is -0.450. The van der Waals surface area contributed by atoms with Crippen LogP contribution in [0.2, 0.25) is 0 Å². The van der Waals surface area contributed by atoms with E-state index >= 15 is 0 Å². The van der Waals surface area contributed by atoms with Gasteiger partial charge in [-0.05, 0) is 62.0 Å². The zero-order chi connectivity index (χ0) is 18.7. The van der Waals surface area contributed by atoms with Gasteiger partial charge in [-0.2, -0.15) is 0 Å². The number of rotatable bonds is 8. The largest absolute Gasteiger partial charge is 0.498 e. The molecule has 3 nitrogen and oxygen atoms in total. The molecule has 5 unspecified atom stereocenters. The van der Waals surface area contributed by atoms with Crippen molar-refractivity contribution in [3.8, 4) is 0 Å². The highest BCUT2D eigenvalue weighted by Crippen LogP contribution is 2.47. The molecule has 26 heavy (non-hydrogen) atoms. The fourth-order valence-corrected chi connectivity index (χ4v) is 5.11. The first-order valence-electron chi connectivity index (χ1n) is 10.5. The molecule has 2 fully saturated rings. The van der Waals surface area contributed by atoms with E-state index in [9.17, 15) is 10.2 Å². The van der Waals surface area contributed by atoms with Crippen LogP contribution in [0.3, 0.4) is 0 Å². The Hall–Kier alpha value is -1.06. The van der Waals surface area contributed by atoms with Crippen molar-refractivity contribution in [2.75, 3.05) is 6.61 Å². The van der Waals surface area contributed by atoms with E-state index in [0.29, 0.717) is 12.8 Å². The summed E-state index contributed by atoms with van der Waals surface area (Å²) in [6.45, 7) is 9.30. The van der Waals surface area contributed by atoms with E-state index in [1.807, 2.05) is 12.2 Å². The first kappa shape index (κ1) is 19.7. The molecule has 3 rings (SSSR count). The number of ether oxygens (including phenoxy) is 1. The minimum absolute atomic E-state index is 0.269. The summed E-state index contributed by atoms with van der Waals surface area (Å²) in [7, 11) is 0. The van der Waals surface area contributed by atoms with Crippen molar-refractivity contribution in [2.45, 2.75) is 77.4 Å². The lowest BCUT2D eigenvalue weighted by Gasteiger charge is -2.38. The maximum absolute atomic E-state index is 10.9. The van der Waals surface area contributed by atoms with Crippen molar-refractivity contribution in [1.82, 2.24) is 0 Å². The van der Waals surface area contributed by atoms with Gasteiger partial charge in [0.05, 0.1) is 18.8 Å². The normalized spacial score (nSPS) is 35.5. The first-order chi connectivity index (χ1) is 12.4. The summed E-state index contributed by atoms with van der Waals surface area (Å²) in [4.78, 5) is 0. The maximum atomic E-state index is 10.9. The Morgan fingerprint density at radius 2 is 2.12 bits per heavy atom. The summed E-state index contributed by atoms with van der Waals surface area (Å²) in [5.41, 5.74) is 0.586. The third-order valence-electron chi connectivity index (χ3n) is 7.07. The second-order valence-electron chi connectivity index (χ2n) is 9.07. The summed E-state index contributed by atoms with van der Waals surface area (Å²) in [5, 5.41) is 21.3. The second kappa shape index (κ2) is 8.31. The molecule has 1 aliphatic heterocycles.